The standard InChI is InChI=1S/C24H20ClFN6O3/c1-2-5-19-29-21(35-30-19)12-31-13-27-22-15-6-3-4-7-18(15)32(23(22)24(31)34)11-20(33)28-14-8-9-17(26)16(25)10-14/h3-4,6-10,13H,2,5,11-12H2,1H3,(H,28,33). The molecule has 9 nitrogen and oxygen atoms in total. The summed E-state index contributed by atoms with van der Waals surface area (Å²) in [5.74, 6) is -0.116. The fraction of sp³-hybridized carbons (Fsp3) is 0.208. The Morgan fingerprint density at radius 2 is 2.06 bits per heavy atom. The Labute approximate surface area is 203 Å². The van der Waals surface area contributed by atoms with Crippen molar-refractivity contribution in [1.29, 1.82) is 0 Å². The number of benzene rings is 2. The third kappa shape index (κ3) is 4.40. The molecule has 5 rings (SSSR count). The van der Waals surface area contributed by atoms with Crippen LogP contribution in [-0.4, -0.2) is 30.2 Å². The Morgan fingerprint density at radius 3 is 2.86 bits per heavy atom. The predicted octanol–water partition coefficient (Wildman–Crippen LogP) is 4.17. The Hall–Kier alpha value is -4.05. The molecule has 3 heterocycles. The second-order valence-electron chi connectivity index (χ2n) is 8.01. The molecule has 11 heteroatoms. The van der Waals surface area contributed by atoms with Gasteiger partial charge in [0, 0.05) is 17.5 Å². The molecular formula is C24H20ClFN6O3. The van der Waals surface area contributed by atoms with Crippen LogP contribution in [0.3, 0.4) is 0 Å². The van der Waals surface area contributed by atoms with Gasteiger partial charge in [0.15, 0.2) is 5.82 Å². The van der Waals surface area contributed by atoms with E-state index in [9.17, 15) is 14.0 Å². The van der Waals surface area contributed by atoms with Crippen molar-refractivity contribution in [3.63, 3.8) is 0 Å². The second-order valence-corrected chi connectivity index (χ2v) is 8.42. The summed E-state index contributed by atoms with van der Waals surface area (Å²) in [6.07, 6.45) is 2.99. The number of para-hydroxylation sites is 1. The van der Waals surface area contributed by atoms with E-state index in [-0.39, 0.29) is 29.2 Å². The monoisotopic (exact) mass is 494 g/mol. The van der Waals surface area contributed by atoms with Crippen LogP contribution in [0.2, 0.25) is 5.02 Å². The lowest BCUT2D eigenvalue weighted by molar-refractivity contribution is -0.116. The van der Waals surface area contributed by atoms with Gasteiger partial charge in [-0.15, -0.1) is 0 Å². The van der Waals surface area contributed by atoms with Crippen LogP contribution in [0.5, 0.6) is 0 Å². The molecule has 5 aromatic rings. The van der Waals surface area contributed by atoms with Crippen molar-refractivity contribution in [1.82, 2.24) is 24.3 Å². The molecule has 0 spiro atoms. The molecule has 0 atom stereocenters. The average Bonchev–Trinajstić information content (AvgIpc) is 3.41. The molecule has 3 aromatic heterocycles. The quantitative estimate of drug-likeness (QED) is 0.364. The number of amides is 1. The van der Waals surface area contributed by atoms with Crippen LogP contribution in [0.1, 0.15) is 25.1 Å². The fourth-order valence-electron chi connectivity index (χ4n) is 3.97. The van der Waals surface area contributed by atoms with Crippen LogP contribution in [0.15, 0.2) is 58.1 Å². The molecule has 0 aliphatic rings. The molecule has 35 heavy (non-hydrogen) atoms. The van der Waals surface area contributed by atoms with Crippen molar-refractivity contribution < 1.29 is 13.7 Å². The topological polar surface area (TPSA) is 108 Å². The van der Waals surface area contributed by atoms with Gasteiger partial charge in [-0.1, -0.05) is 41.9 Å². The maximum atomic E-state index is 13.5. The van der Waals surface area contributed by atoms with E-state index < -0.39 is 11.7 Å². The summed E-state index contributed by atoms with van der Waals surface area (Å²) in [6, 6.07) is 11.2. The van der Waals surface area contributed by atoms with Gasteiger partial charge in [0.2, 0.25) is 11.8 Å². The second kappa shape index (κ2) is 9.30. The lowest BCUT2D eigenvalue weighted by Crippen LogP contribution is -2.25. The maximum absolute atomic E-state index is 13.5. The van der Waals surface area contributed by atoms with E-state index >= 15 is 0 Å². The normalized spacial score (nSPS) is 11.4. The first-order valence-corrected chi connectivity index (χ1v) is 11.3. The van der Waals surface area contributed by atoms with E-state index in [2.05, 4.69) is 20.4 Å². The molecule has 1 N–H and O–H groups in total. The third-order valence-electron chi connectivity index (χ3n) is 5.53. The molecule has 0 saturated heterocycles. The van der Waals surface area contributed by atoms with Gasteiger partial charge in [-0.2, -0.15) is 4.98 Å². The molecule has 0 unspecified atom stereocenters. The molecule has 0 bridgehead atoms. The highest BCUT2D eigenvalue weighted by Crippen LogP contribution is 2.26. The van der Waals surface area contributed by atoms with E-state index in [0.29, 0.717) is 34.9 Å². The molecule has 0 saturated carbocycles. The summed E-state index contributed by atoms with van der Waals surface area (Å²) in [6.45, 7) is 1.90. The van der Waals surface area contributed by atoms with Crippen molar-refractivity contribution in [2.75, 3.05) is 5.32 Å². The Morgan fingerprint density at radius 1 is 1.23 bits per heavy atom. The largest absolute Gasteiger partial charge is 0.337 e. The number of carbonyl (C=O) groups is 1. The maximum Gasteiger partial charge on any atom is 0.278 e. The van der Waals surface area contributed by atoms with Gasteiger partial charge >= 0.3 is 0 Å². The highest BCUT2D eigenvalue weighted by molar-refractivity contribution is 6.31. The number of rotatable bonds is 7. The van der Waals surface area contributed by atoms with Gasteiger partial charge in [-0.25, -0.2) is 9.37 Å². The molecular weight excluding hydrogens is 475 g/mol. The lowest BCUT2D eigenvalue weighted by Gasteiger charge is -2.10. The van der Waals surface area contributed by atoms with Gasteiger partial charge in [0.1, 0.15) is 29.9 Å². The fourth-order valence-corrected chi connectivity index (χ4v) is 4.15. The zero-order valence-corrected chi connectivity index (χ0v) is 19.4. The summed E-state index contributed by atoms with van der Waals surface area (Å²) in [5, 5.41) is 7.26. The summed E-state index contributed by atoms with van der Waals surface area (Å²) >= 11 is 5.82. The molecule has 0 aliphatic carbocycles. The van der Waals surface area contributed by atoms with Gasteiger partial charge in [0.25, 0.3) is 5.56 Å². The number of fused-ring (bicyclic) bond motifs is 3. The minimum atomic E-state index is -0.582. The molecule has 1 amide bonds. The molecule has 178 valence electrons. The van der Waals surface area contributed by atoms with Crippen LogP contribution in [0, 0.1) is 5.82 Å². The van der Waals surface area contributed by atoms with Crippen molar-refractivity contribution in [3.8, 4) is 0 Å². The van der Waals surface area contributed by atoms with Crippen molar-refractivity contribution in [2.24, 2.45) is 0 Å². The van der Waals surface area contributed by atoms with Crippen LogP contribution in [0.25, 0.3) is 21.9 Å². The van der Waals surface area contributed by atoms with E-state index in [4.69, 9.17) is 16.1 Å². The van der Waals surface area contributed by atoms with E-state index in [1.54, 1.807) is 4.57 Å². The number of anilines is 1. The smallest absolute Gasteiger partial charge is 0.278 e. The van der Waals surface area contributed by atoms with E-state index in [1.165, 1.54) is 29.1 Å². The number of hydrogen-bond donors (Lipinski definition) is 1. The first-order valence-electron chi connectivity index (χ1n) is 11.0. The number of hydrogen-bond acceptors (Lipinski definition) is 6. The summed E-state index contributed by atoms with van der Waals surface area (Å²) in [7, 11) is 0. The van der Waals surface area contributed by atoms with Gasteiger partial charge in [0.05, 0.1) is 16.9 Å². The third-order valence-corrected chi connectivity index (χ3v) is 5.82. The number of nitrogens with one attached hydrogen (secondary N) is 1. The highest BCUT2D eigenvalue weighted by atomic mass is 35.5. The number of aromatic nitrogens is 5. The van der Waals surface area contributed by atoms with Gasteiger partial charge in [-0.05, 0) is 30.7 Å². The lowest BCUT2D eigenvalue weighted by atomic mass is 10.2. The van der Waals surface area contributed by atoms with Gasteiger partial charge < -0.3 is 14.4 Å². The van der Waals surface area contributed by atoms with Crippen molar-refractivity contribution >= 4 is 45.1 Å². The Kier molecular flexibility index (Phi) is 6.04. The van der Waals surface area contributed by atoms with Crippen LogP contribution in [-0.2, 0) is 24.3 Å². The number of halogens is 2. The zero-order chi connectivity index (χ0) is 24.5. The van der Waals surface area contributed by atoms with E-state index in [1.807, 2.05) is 31.2 Å². The highest BCUT2D eigenvalue weighted by Gasteiger charge is 2.19. The Balaban J connectivity index is 1.53. The zero-order valence-electron chi connectivity index (χ0n) is 18.7. The number of nitrogens with zero attached hydrogens (tertiary/aromatic N) is 5. The van der Waals surface area contributed by atoms with Gasteiger partial charge in [-0.3, -0.25) is 14.2 Å². The number of aryl methyl sites for hydroxylation is 1. The van der Waals surface area contributed by atoms with Crippen molar-refractivity contribution in [3.05, 3.63) is 81.7 Å². The van der Waals surface area contributed by atoms with Crippen LogP contribution in [0.4, 0.5) is 10.1 Å². The van der Waals surface area contributed by atoms with E-state index in [0.717, 1.165) is 11.8 Å². The summed E-state index contributed by atoms with van der Waals surface area (Å²) in [5.41, 5.74) is 1.43. The van der Waals surface area contributed by atoms with Crippen LogP contribution < -0.4 is 10.9 Å². The van der Waals surface area contributed by atoms with Crippen LogP contribution >= 0.6 is 11.6 Å². The first kappa shape index (κ1) is 22.7. The molecule has 0 fully saturated rings. The minimum absolute atomic E-state index is 0.0558. The summed E-state index contributed by atoms with van der Waals surface area (Å²) in [4.78, 5) is 35.2. The first-order chi connectivity index (χ1) is 16.9. The predicted molar refractivity (Wildman–Crippen MR) is 129 cm³/mol. The summed E-state index contributed by atoms with van der Waals surface area (Å²) < 4.78 is 21.7. The molecule has 0 aliphatic heterocycles. The van der Waals surface area contributed by atoms with Crippen molar-refractivity contribution in [2.45, 2.75) is 32.9 Å². The average molecular weight is 495 g/mol. The molecule has 2 aromatic carbocycles. The number of carbonyl (C=O) groups excluding carboxylic acids is 1. The minimum Gasteiger partial charge on any atom is -0.337 e. The Bertz CT molecular complexity index is 1620. The molecule has 0 radical (unpaired) electrons. The SMILES string of the molecule is CCCc1noc(Cn2cnc3c4ccccc4n(CC(=O)Nc4ccc(F)c(Cl)c4)c3c2=O)n1.